The van der Waals surface area contributed by atoms with Crippen LogP contribution >= 0.6 is 0 Å². The van der Waals surface area contributed by atoms with Crippen molar-refractivity contribution in [2.45, 2.75) is 42.5 Å². The fraction of sp³-hybridized carbons (Fsp3) is 0.316. The van der Waals surface area contributed by atoms with Crippen LogP contribution in [0.3, 0.4) is 0 Å². The molecule has 0 fully saturated rings. The van der Waals surface area contributed by atoms with E-state index in [1.54, 1.807) is 12.1 Å². The minimum absolute atomic E-state index is 0. The quantitative estimate of drug-likeness (QED) is 0.456. The molecule has 0 aliphatic carbocycles. The maximum atomic E-state index is 12.0. The van der Waals surface area contributed by atoms with Crippen LogP contribution in [-0.2, 0) is 0 Å². The molecule has 3 rings (SSSR count). The van der Waals surface area contributed by atoms with Crippen molar-refractivity contribution in [2.75, 3.05) is 0 Å². The van der Waals surface area contributed by atoms with E-state index in [2.05, 4.69) is 0 Å². The van der Waals surface area contributed by atoms with Crippen molar-refractivity contribution in [3.05, 3.63) is 58.8 Å². The van der Waals surface area contributed by atoms with Crippen LogP contribution in [0.5, 0.6) is 0 Å². The zero-order valence-corrected chi connectivity index (χ0v) is 11.9. The van der Waals surface area contributed by atoms with E-state index in [0.717, 1.165) is 0 Å². The third-order valence-corrected chi connectivity index (χ3v) is 2.48. The lowest BCUT2D eigenvalue weighted by Crippen LogP contribution is -2.01. The second kappa shape index (κ2) is 10.7. The lowest BCUT2D eigenvalue weighted by Gasteiger charge is -1.99. The van der Waals surface area contributed by atoms with Crippen LogP contribution in [0.25, 0.3) is 21.9 Å². The van der Waals surface area contributed by atoms with E-state index in [1.165, 1.54) is 0 Å². The van der Waals surface area contributed by atoms with Crippen LogP contribution in [0.1, 0.15) is 42.5 Å². The van der Waals surface area contributed by atoms with Gasteiger partial charge in [-0.3, -0.25) is 4.79 Å². The molecule has 0 bridgehead atoms. The highest BCUT2D eigenvalue weighted by Crippen LogP contribution is 2.17. The predicted octanol–water partition coefficient (Wildman–Crippen LogP) is 6.27. The van der Waals surface area contributed by atoms with Gasteiger partial charge < -0.3 is 4.42 Å². The first-order valence-electron chi connectivity index (χ1n) is 6.77. The Kier molecular flexibility index (Phi) is 10.8. The molecule has 21 heavy (non-hydrogen) atoms. The number of benzene rings is 2. The summed E-state index contributed by atoms with van der Waals surface area (Å²) >= 11 is 0. The van der Waals surface area contributed by atoms with Gasteiger partial charge in [0.1, 0.15) is 11.2 Å². The first kappa shape index (κ1) is 21.2. The molecule has 0 saturated carbocycles. The molecule has 0 radical (unpaired) electrons. The molecule has 3 aromatic rings. The Labute approximate surface area is 128 Å². The smallest absolute Gasteiger partial charge is 0.200 e. The van der Waals surface area contributed by atoms with Crippen molar-refractivity contribution in [3.63, 3.8) is 0 Å². The number of para-hydroxylation sites is 2. The Morgan fingerprint density at radius 3 is 1.38 bits per heavy atom. The predicted molar refractivity (Wildman–Crippen MR) is 96.1 cm³/mol. The van der Waals surface area contributed by atoms with Crippen molar-refractivity contribution in [1.82, 2.24) is 0 Å². The lowest BCUT2D eigenvalue weighted by molar-refractivity contribution is 0.660. The SMILES string of the molecule is C.C.CC.CC.O=c1c2ccccc2oc2ccccc12. The standard InChI is InChI=1S/C13H8O2.2C2H6.2CH4/c14-13-9-5-1-3-7-11(9)15-12-8-4-2-6-10(12)13;2*1-2;;/h1-8H;2*1-2H3;2*1H4. The molecule has 2 nitrogen and oxygen atoms in total. The summed E-state index contributed by atoms with van der Waals surface area (Å²) in [7, 11) is 0. The monoisotopic (exact) mass is 288 g/mol. The summed E-state index contributed by atoms with van der Waals surface area (Å²) in [5, 5.41) is 1.27. The second-order valence-corrected chi connectivity index (χ2v) is 3.42. The molecule has 0 atom stereocenters. The van der Waals surface area contributed by atoms with Gasteiger partial charge in [0.05, 0.1) is 10.8 Å². The van der Waals surface area contributed by atoms with Gasteiger partial charge in [-0.15, -0.1) is 0 Å². The molecule has 0 aliphatic heterocycles. The molecule has 0 unspecified atom stereocenters. The third kappa shape index (κ3) is 4.45. The van der Waals surface area contributed by atoms with Gasteiger partial charge in [0, 0.05) is 0 Å². The van der Waals surface area contributed by atoms with Gasteiger partial charge in [-0.05, 0) is 24.3 Å². The van der Waals surface area contributed by atoms with Crippen molar-refractivity contribution >= 4 is 21.9 Å². The van der Waals surface area contributed by atoms with Crippen molar-refractivity contribution in [2.24, 2.45) is 0 Å². The highest BCUT2D eigenvalue weighted by molar-refractivity contribution is 5.89. The van der Waals surface area contributed by atoms with E-state index >= 15 is 0 Å². The minimum Gasteiger partial charge on any atom is -0.456 e. The summed E-state index contributed by atoms with van der Waals surface area (Å²) in [6.45, 7) is 8.00. The Hall–Kier alpha value is -2.09. The summed E-state index contributed by atoms with van der Waals surface area (Å²) in [5.41, 5.74) is 1.31. The second-order valence-electron chi connectivity index (χ2n) is 3.42. The van der Waals surface area contributed by atoms with Crippen molar-refractivity contribution in [1.29, 1.82) is 0 Å². The number of rotatable bonds is 0. The average Bonchev–Trinajstić information content (AvgIpc) is 2.52. The van der Waals surface area contributed by atoms with Gasteiger partial charge in [0.2, 0.25) is 5.43 Å². The van der Waals surface area contributed by atoms with Gasteiger partial charge in [-0.2, -0.15) is 0 Å². The molecule has 0 spiro atoms. The summed E-state index contributed by atoms with van der Waals surface area (Å²) in [5.74, 6) is 0. The first-order chi connectivity index (χ1) is 9.36. The van der Waals surface area contributed by atoms with Gasteiger partial charge in [0.15, 0.2) is 0 Å². The molecule has 0 aliphatic rings. The molecule has 0 N–H and O–H groups in total. The van der Waals surface area contributed by atoms with Crippen LogP contribution in [0, 0.1) is 0 Å². The largest absolute Gasteiger partial charge is 0.456 e. The van der Waals surface area contributed by atoms with Gasteiger partial charge >= 0.3 is 0 Å². The maximum absolute atomic E-state index is 12.0. The van der Waals surface area contributed by atoms with Crippen molar-refractivity contribution in [3.8, 4) is 0 Å². The fourth-order valence-corrected chi connectivity index (χ4v) is 1.75. The summed E-state index contributed by atoms with van der Waals surface area (Å²) < 4.78 is 5.63. The summed E-state index contributed by atoms with van der Waals surface area (Å²) in [6, 6.07) is 14.6. The number of hydrogen-bond acceptors (Lipinski definition) is 2. The van der Waals surface area contributed by atoms with E-state index in [9.17, 15) is 4.79 Å². The molecule has 1 aromatic heterocycles. The van der Waals surface area contributed by atoms with Crippen molar-refractivity contribution < 1.29 is 4.42 Å². The molecule has 116 valence electrons. The number of fused-ring (bicyclic) bond motifs is 2. The van der Waals surface area contributed by atoms with Crippen LogP contribution in [0.4, 0.5) is 0 Å². The van der Waals surface area contributed by atoms with Gasteiger partial charge in [-0.25, -0.2) is 0 Å². The highest BCUT2D eigenvalue weighted by atomic mass is 16.3. The fourth-order valence-electron chi connectivity index (χ4n) is 1.75. The maximum Gasteiger partial charge on any atom is 0.200 e. The average molecular weight is 288 g/mol. The van der Waals surface area contributed by atoms with E-state index in [1.807, 2.05) is 64.1 Å². The molecule has 1 heterocycles. The minimum atomic E-state index is 0. The zero-order valence-electron chi connectivity index (χ0n) is 11.9. The van der Waals surface area contributed by atoms with Gasteiger partial charge in [0.25, 0.3) is 0 Å². The van der Waals surface area contributed by atoms with E-state index < -0.39 is 0 Å². The lowest BCUT2D eigenvalue weighted by atomic mass is 10.1. The van der Waals surface area contributed by atoms with E-state index in [-0.39, 0.29) is 20.3 Å². The number of hydrogen-bond donors (Lipinski definition) is 0. The normalized spacial score (nSPS) is 8.38. The molecule has 0 amide bonds. The topological polar surface area (TPSA) is 30.2 Å². The Morgan fingerprint density at radius 2 is 1.00 bits per heavy atom. The van der Waals surface area contributed by atoms with Crippen LogP contribution in [-0.4, -0.2) is 0 Å². The molecule has 0 saturated heterocycles. The first-order valence-corrected chi connectivity index (χ1v) is 6.77. The Balaban J connectivity index is 0. The summed E-state index contributed by atoms with van der Waals surface area (Å²) in [6.07, 6.45) is 0. The van der Waals surface area contributed by atoms with Crippen LogP contribution in [0.15, 0.2) is 57.7 Å². The third-order valence-electron chi connectivity index (χ3n) is 2.48. The summed E-state index contributed by atoms with van der Waals surface area (Å²) in [4.78, 5) is 12.0. The molecule has 2 heteroatoms. The molecular formula is C19H28O2. The van der Waals surface area contributed by atoms with Gasteiger partial charge in [-0.1, -0.05) is 66.8 Å². The molecular weight excluding hydrogens is 260 g/mol. The Bertz CT molecular complexity index is 639. The van der Waals surface area contributed by atoms with Crippen LogP contribution < -0.4 is 5.43 Å². The van der Waals surface area contributed by atoms with Crippen LogP contribution in [0.2, 0.25) is 0 Å². The zero-order chi connectivity index (χ0) is 14.3. The van der Waals surface area contributed by atoms with E-state index in [4.69, 9.17) is 4.42 Å². The highest BCUT2D eigenvalue weighted by Gasteiger charge is 2.04. The molecule has 2 aromatic carbocycles. The van der Waals surface area contributed by atoms with E-state index in [0.29, 0.717) is 21.9 Å². The Morgan fingerprint density at radius 1 is 0.667 bits per heavy atom.